The molecule has 0 heterocycles. The molecular weight excluding hydrogens is 333 g/mol. The van der Waals surface area contributed by atoms with Gasteiger partial charge in [-0.3, -0.25) is 4.79 Å². The lowest BCUT2D eigenvalue weighted by Gasteiger charge is -2.08. The third-order valence-corrected chi connectivity index (χ3v) is 3.61. The Bertz CT molecular complexity index is 747. The molecule has 0 radical (unpaired) electrons. The largest absolute Gasteiger partial charge is 0.358 e. The lowest BCUT2D eigenvalue weighted by Crippen LogP contribution is -2.24. The van der Waals surface area contributed by atoms with Crippen molar-refractivity contribution in [2.75, 3.05) is 5.32 Å². The maximum atomic E-state index is 12.0. The van der Waals surface area contributed by atoms with Gasteiger partial charge < -0.3 is 10.6 Å². The van der Waals surface area contributed by atoms with Gasteiger partial charge in [0, 0.05) is 12.7 Å². The lowest BCUT2D eigenvalue weighted by atomic mass is 10.2. The molecule has 6 heteroatoms. The molecule has 0 saturated heterocycles. The SMILES string of the molecule is N#C/C(=C/Nc1c(Cl)cccc1Cl)C(=O)NCc1ccccc1. The van der Waals surface area contributed by atoms with Crippen molar-refractivity contribution < 1.29 is 4.79 Å². The van der Waals surface area contributed by atoms with Crippen molar-refractivity contribution in [2.45, 2.75) is 6.54 Å². The number of halogens is 2. The van der Waals surface area contributed by atoms with Gasteiger partial charge in [0.1, 0.15) is 11.6 Å². The molecule has 0 unspecified atom stereocenters. The van der Waals surface area contributed by atoms with Gasteiger partial charge in [0.2, 0.25) is 0 Å². The van der Waals surface area contributed by atoms with E-state index in [1.807, 2.05) is 36.4 Å². The predicted molar refractivity (Wildman–Crippen MR) is 92.1 cm³/mol. The van der Waals surface area contributed by atoms with Crippen LogP contribution in [0, 0.1) is 11.3 Å². The Balaban J connectivity index is 2.04. The first-order valence-corrected chi connectivity index (χ1v) is 7.50. The number of anilines is 1. The van der Waals surface area contributed by atoms with Crippen LogP contribution in [0.2, 0.25) is 10.0 Å². The van der Waals surface area contributed by atoms with E-state index in [4.69, 9.17) is 28.5 Å². The Hall–Kier alpha value is -2.48. The molecule has 116 valence electrons. The van der Waals surface area contributed by atoms with Crippen LogP contribution in [0.15, 0.2) is 60.3 Å². The van der Waals surface area contributed by atoms with Crippen LogP contribution < -0.4 is 10.6 Å². The van der Waals surface area contributed by atoms with Gasteiger partial charge in [0.05, 0.1) is 15.7 Å². The summed E-state index contributed by atoms with van der Waals surface area (Å²) in [7, 11) is 0. The third kappa shape index (κ3) is 4.75. The third-order valence-electron chi connectivity index (χ3n) is 2.98. The number of carbonyl (C=O) groups is 1. The normalized spacial score (nSPS) is 10.7. The number of para-hydroxylation sites is 1. The molecule has 2 N–H and O–H groups in total. The molecule has 0 bridgehead atoms. The molecule has 0 saturated carbocycles. The second-order valence-electron chi connectivity index (χ2n) is 4.58. The van der Waals surface area contributed by atoms with E-state index in [2.05, 4.69) is 10.6 Å². The maximum absolute atomic E-state index is 12.0. The number of hydrogen-bond donors (Lipinski definition) is 2. The van der Waals surface area contributed by atoms with Crippen LogP contribution >= 0.6 is 23.2 Å². The van der Waals surface area contributed by atoms with Crippen LogP contribution in [0.5, 0.6) is 0 Å². The fourth-order valence-corrected chi connectivity index (χ4v) is 2.31. The van der Waals surface area contributed by atoms with Crippen LogP contribution in [0.4, 0.5) is 5.69 Å². The van der Waals surface area contributed by atoms with Gasteiger partial charge in [-0.05, 0) is 17.7 Å². The highest BCUT2D eigenvalue weighted by Gasteiger charge is 2.10. The topological polar surface area (TPSA) is 64.9 Å². The summed E-state index contributed by atoms with van der Waals surface area (Å²) in [6, 6.07) is 16.3. The number of nitrogens with zero attached hydrogens (tertiary/aromatic N) is 1. The molecule has 0 aliphatic heterocycles. The predicted octanol–water partition coefficient (Wildman–Crippen LogP) is 4.13. The minimum absolute atomic E-state index is 0.0723. The van der Waals surface area contributed by atoms with Crippen molar-refractivity contribution in [3.63, 3.8) is 0 Å². The number of amides is 1. The van der Waals surface area contributed by atoms with Gasteiger partial charge in [-0.15, -0.1) is 0 Å². The summed E-state index contributed by atoms with van der Waals surface area (Å²) in [5, 5.41) is 15.4. The molecule has 2 rings (SSSR count). The minimum atomic E-state index is -0.480. The summed E-state index contributed by atoms with van der Waals surface area (Å²) in [4.78, 5) is 12.0. The van der Waals surface area contributed by atoms with E-state index >= 15 is 0 Å². The van der Waals surface area contributed by atoms with Crippen LogP contribution in [0.25, 0.3) is 0 Å². The quantitative estimate of drug-likeness (QED) is 0.632. The summed E-state index contributed by atoms with van der Waals surface area (Å²) >= 11 is 12.0. The van der Waals surface area contributed by atoms with Crippen LogP contribution in [-0.2, 0) is 11.3 Å². The van der Waals surface area contributed by atoms with Crippen LogP contribution in [0.3, 0.4) is 0 Å². The second kappa shape index (κ2) is 8.23. The van der Waals surface area contributed by atoms with Crippen molar-refractivity contribution in [3.8, 4) is 6.07 Å². The first-order valence-electron chi connectivity index (χ1n) is 6.74. The van der Waals surface area contributed by atoms with Crippen LogP contribution in [-0.4, -0.2) is 5.91 Å². The Morgan fingerprint density at radius 3 is 2.35 bits per heavy atom. The number of nitriles is 1. The highest BCUT2D eigenvalue weighted by atomic mass is 35.5. The molecule has 4 nitrogen and oxygen atoms in total. The van der Waals surface area contributed by atoms with Gasteiger partial charge in [0.25, 0.3) is 5.91 Å². The van der Waals surface area contributed by atoms with E-state index in [-0.39, 0.29) is 5.57 Å². The zero-order chi connectivity index (χ0) is 16.7. The Labute approximate surface area is 144 Å². The number of nitrogens with one attached hydrogen (secondary N) is 2. The summed E-state index contributed by atoms with van der Waals surface area (Å²) in [6.07, 6.45) is 1.29. The molecule has 2 aromatic carbocycles. The first kappa shape index (κ1) is 16.9. The molecule has 0 spiro atoms. The summed E-state index contributed by atoms with van der Waals surface area (Å²) in [5.74, 6) is -0.480. The molecule has 1 amide bonds. The summed E-state index contributed by atoms with van der Waals surface area (Å²) in [6.45, 7) is 0.339. The number of carbonyl (C=O) groups excluding carboxylic acids is 1. The van der Waals surface area contributed by atoms with Gasteiger partial charge in [-0.1, -0.05) is 59.6 Å². The van der Waals surface area contributed by atoms with Crippen molar-refractivity contribution in [1.29, 1.82) is 5.26 Å². The molecular formula is C17H13Cl2N3O. The van der Waals surface area contributed by atoms with E-state index in [0.29, 0.717) is 22.3 Å². The van der Waals surface area contributed by atoms with E-state index in [0.717, 1.165) is 5.56 Å². The van der Waals surface area contributed by atoms with E-state index in [9.17, 15) is 4.79 Å². The van der Waals surface area contributed by atoms with Gasteiger partial charge >= 0.3 is 0 Å². The molecule has 2 aromatic rings. The van der Waals surface area contributed by atoms with Crippen molar-refractivity contribution in [3.05, 3.63) is 75.9 Å². The van der Waals surface area contributed by atoms with Gasteiger partial charge in [-0.25, -0.2) is 0 Å². The highest BCUT2D eigenvalue weighted by molar-refractivity contribution is 6.39. The van der Waals surface area contributed by atoms with Gasteiger partial charge in [-0.2, -0.15) is 5.26 Å². The minimum Gasteiger partial charge on any atom is -0.358 e. The first-order chi connectivity index (χ1) is 11.1. The highest BCUT2D eigenvalue weighted by Crippen LogP contribution is 2.29. The van der Waals surface area contributed by atoms with Crippen molar-refractivity contribution in [2.24, 2.45) is 0 Å². The summed E-state index contributed by atoms with van der Waals surface area (Å²) < 4.78 is 0. The average molecular weight is 346 g/mol. The zero-order valence-corrected chi connectivity index (χ0v) is 13.5. The Morgan fingerprint density at radius 2 is 1.74 bits per heavy atom. The zero-order valence-electron chi connectivity index (χ0n) is 12.0. The standard InChI is InChI=1S/C17H13Cl2N3O/c18-14-7-4-8-15(19)16(14)21-11-13(9-20)17(23)22-10-12-5-2-1-3-6-12/h1-8,11,21H,10H2,(H,22,23)/b13-11-. The summed E-state index contributed by atoms with van der Waals surface area (Å²) in [5.41, 5.74) is 1.32. The lowest BCUT2D eigenvalue weighted by molar-refractivity contribution is -0.117. The maximum Gasteiger partial charge on any atom is 0.263 e. The molecule has 0 fully saturated rings. The number of rotatable bonds is 5. The van der Waals surface area contributed by atoms with E-state index in [1.54, 1.807) is 18.2 Å². The fourth-order valence-electron chi connectivity index (χ4n) is 1.80. The van der Waals surface area contributed by atoms with E-state index < -0.39 is 5.91 Å². The molecule has 0 aliphatic rings. The molecule has 23 heavy (non-hydrogen) atoms. The molecule has 0 atom stereocenters. The monoisotopic (exact) mass is 345 g/mol. The smallest absolute Gasteiger partial charge is 0.263 e. The second-order valence-corrected chi connectivity index (χ2v) is 5.39. The van der Waals surface area contributed by atoms with Crippen molar-refractivity contribution >= 4 is 34.8 Å². The van der Waals surface area contributed by atoms with Gasteiger partial charge in [0.15, 0.2) is 0 Å². The van der Waals surface area contributed by atoms with E-state index in [1.165, 1.54) is 6.20 Å². The number of benzene rings is 2. The number of hydrogen-bond acceptors (Lipinski definition) is 3. The average Bonchev–Trinajstić information content (AvgIpc) is 2.56. The Kier molecular flexibility index (Phi) is 6.04. The van der Waals surface area contributed by atoms with Crippen molar-refractivity contribution in [1.82, 2.24) is 5.32 Å². The molecule has 0 aromatic heterocycles. The molecule has 0 aliphatic carbocycles. The Morgan fingerprint density at radius 1 is 1.09 bits per heavy atom. The van der Waals surface area contributed by atoms with Crippen LogP contribution in [0.1, 0.15) is 5.56 Å². The fraction of sp³-hybridized carbons (Fsp3) is 0.0588.